The van der Waals surface area contributed by atoms with E-state index in [1.807, 2.05) is 0 Å². The molecule has 0 saturated heterocycles. The summed E-state index contributed by atoms with van der Waals surface area (Å²) in [6.45, 7) is 2.17. The Morgan fingerprint density at radius 1 is 0.900 bits per heavy atom. The van der Waals surface area contributed by atoms with E-state index in [0.29, 0.717) is 6.42 Å². The Morgan fingerprint density at radius 2 is 1.35 bits per heavy atom. The predicted octanol–water partition coefficient (Wildman–Crippen LogP) is 7.20. The molecule has 0 aromatic heterocycles. The van der Waals surface area contributed by atoms with Crippen LogP contribution in [-0.2, 0) is 0 Å². The Morgan fingerprint density at radius 3 is 1.75 bits per heavy atom. The van der Waals surface area contributed by atoms with Crippen LogP contribution in [0.3, 0.4) is 0 Å². The van der Waals surface area contributed by atoms with Gasteiger partial charge in [-0.1, -0.05) is 0 Å². The second kappa shape index (κ2) is 10.6. The minimum absolute atomic E-state index is 0.336. The first kappa shape index (κ1) is 20.9. The molecule has 7 heteroatoms. The molecule has 0 atom stereocenters. The molecule has 0 N–H and O–H groups in total. The number of halogens is 6. The van der Waals surface area contributed by atoms with E-state index in [1.165, 1.54) is 25.7 Å². The van der Waals surface area contributed by atoms with Crippen molar-refractivity contribution in [3.8, 4) is 0 Å². The Bertz CT molecular complexity index is 270. The quantitative estimate of drug-likeness (QED) is 0.262. The van der Waals surface area contributed by atoms with Gasteiger partial charge in [-0.3, -0.25) is 0 Å². The number of hydrogen-bond donors (Lipinski definition) is 0. The van der Waals surface area contributed by atoms with Crippen molar-refractivity contribution < 1.29 is 13.2 Å². The molecule has 0 heterocycles. The van der Waals surface area contributed by atoms with E-state index in [4.69, 9.17) is 30.0 Å². The van der Waals surface area contributed by atoms with Crippen molar-refractivity contribution >= 4 is 40.5 Å². The molecule has 0 saturated carbocycles. The SMILES string of the molecule is CCCCCCCCCC/C=[C](/C(F)(F)F)[Ge]([Cl])([Cl])[Cl]. The molecule has 0 rings (SSSR count). The van der Waals surface area contributed by atoms with E-state index < -0.39 is 21.1 Å². The van der Waals surface area contributed by atoms with Gasteiger partial charge >= 0.3 is 135 Å². The summed E-state index contributed by atoms with van der Waals surface area (Å²) in [5.41, 5.74) is 0. The summed E-state index contributed by atoms with van der Waals surface area (Å²) in [5.74, 6) is 0. The fourth-order valence-corrected chi connectivity index (χ4v) is 6.25. The van der Waals surface area contributed by atoms with E-state index >= 15 is 0 Å². The number of rotatable bonds is 10. The Hall–Kier alpha value is 0.943. The molecule has 0 radical (unpaired) electrons. The molecule has 0 aliphatic carbocycles. The van der Waals surface area contributed by atoms with Gasteiger partial charge in [-0.2, -0.15) is 0 Å². The van der Waals surface area contributed by atoms with Gasteiger partial charge in [0.2, 0.25) is 0 Å². The van der Waals surface area contributed by atoms with Crippen LogP contribution in [0.1, 0.15) is 64.7 Å². The van der Waals surface area contributed by atoms with Crippen LogP contribution in [0.5, 0.6) is 0 Å². The minimum atomic E-state index is -4.51. The Kier molecular flexibility index (Phi) is 11.1. The Balaban J connectivity index is 3.91. The van der Waals surface area contributed by atoms with Gasteiger partial charge in [0.15, 0.2) is 0 Å². The summed E-state index contributed by atoms with van der Waals surface area (Å²) < 4.78 is 37.2. The van der Waals surface area contributed by atoms with Crippen LogP contribution < -0.4 is 0 Å². The molecule has 0 aromatic carbocycles. The number of hydrogen-bond acceptors (Lipinski definition) is 0. The second-order valence-electron chi connectivity index (χ2n) is 4.88. The van der Waals surface area contributed by atoms with E-state index in [-0.39, 0.29) is 0 Å². The molecule has 0 nitrogen and oxygen atoms in total. The first-order valence-corrected chi connectivity index (χ1v) is 16.4. The maximum atomic E-state index is 12.7. The van der Waals surface area contributed by atoms with Crippen molar-refractivity contribution in [3.63, 3.8) is 0 Å². The molecule has 0 aliphatic heterocycles. The summed E-state index contributed by atoms with van der Waals surface area (Å²) in [4.78, 5) is 0. The molecule has 0 amide bonds. The number of allylic oxidation sites excluding steroid dienone is 2. The van der Waals surface area contributed by atoms with Crippen LogP contribution in [0.2, 0.25) is 0 Å². The average molecular weight is 414 g/mol. The van der Waals surface area contributed by atoms with Gasteiger partial charge in [0.1, 0.15) is 0 Å². The monoisotopic (exact) mass is 414 g/mol. The van der Waals surface area contributed by atoms with E-state index in [0.717, 1.165) is 31.8 Å². The third-order valence-corrected chi connectivity index (χ3v) is 8.50. The fourth-order valence-electron chi connectivity index (χ4n) is 1.92. The topological polar surface area (TPSA) is 0 Å². The fraction of sp³-hybridized carbons (Fsp3) is 0.846. The van der Waals surface area contributed by atoms with Gasteiger partial charge in [0.25, 0.3) is 0 Å². The molecule has 0 bridgehead atoms. The standard InChI is InChI=1S/C13H22Cl3F3Ge/c1-2-3-4-5-6-7-8-9-10-11-12(13(17,18)19)20(14,15)16/h11H,2-10H2,1H3/b12-11-. The molecule has 0 spiro atoms. The molecular formula is C13H22Cl3F3Ge. The van der Waals surface area contributed by atoms with E-state index in [1.54, 1.807) is 0 Å². The van der Waals surface area contributed by atoms with Gasteiger partial charge in [-0.15, -0.1) is 0 Å². The summed E-state index contributed by atoms with van der Waals surface area (Å²) in [6.07, 6.45) is 5.71. The van der Waals surface area contributed by atoms with Crippen LogP contribution in [0.25, 0.3) is 0 Å². The molecule has 20 heavy (non-hydrogen) atoms. The summed E-state index contributed by atoms with van der Waals surface area (Å²) >= 11 is 0. The third kappa shape index (κ3) is 10.6. The van der Waals surface area contributed by atoms with Crippen molar-refractivity contribution in [2.24, 2.45) is 0 Å². The van der Waals surface area contributed by atoms with Crippen LogP contribution in [-0.4, -0.2) is 16.7 Å². The zero-order valence-corrected chi connectivity index (χ0v) is 16.1. The van der Waals surface area contributed by atoms with Gasteiger partial charge in [0, 0.05) is 0 Å². The predicted molar refractivity (Wildman–Crippen MR) is 84.7 cm³/mol. The van der Waals surface area contributed by atoms with Gasteiger partial charge in [-0.25, -0.2) is 0 Å². The first-order valence-electron chi connectivity index (χ1n) is 7.04. The molecule has 0 aliphatic rings. The van der Waals surface area contributed by atoms with Crippen molar-refractivity contribution in [3.05, 3.63) is 10.5 Å². The first-order chi connectivity index (χ1) is 9.19. The van der Waals surface area contributed by atoms with Crippen LogP contribution in [0, 0.1) is 0 Å². The number of alkyl halides is 3. The van der Waals surface area contributed by atoms with Gasteiger partial charge in [-0.05, 0) is 0 Å². The van der Waals surface area contributed by atoms with Crippen LogP contribution >= 0.6 is 30.0 Å². The second-order valence-corrected chi connectivity index (χ2v) is 19.9. The Labute approximate surface area is 135 Å². The zero-order valence-electron chi connectivity index (χ0n) is 11.7. The van der Waals surface area contributed by atoms with Crippen LogP contribution in [0.15, 0.2) is 10.5 Å². The van der Waals surface area contributed by atoms with Crippen molar-refractivity contribution in [1.82, 2.24) is 0 Å². The van der Waals surface area contributed by atoms with Crippen molar-refractivity contribution in [2.45, 2.75) is 70.9 Å². The maximum absolute atomic E-state index is 12.7. The normalized spacial score (nSPS) is 13.8. The summed E-state index contributed by atoms with van der Waals surface area (Å²) in [7, 11) is 12.2. The summed E-state index contributed by atoms with van der Waals surface area (Å²) in [5, 5.41) is 0. The molecular weight excluding hydrogens is 392 g/mol. The number of unbranched alkanes of at least 4 members (excludes halogenated alkanes) is 8. The molecule has 0 fully saturated rings. The summed E-state index contributed by atoms with van der Waals surface area (Å²) in [6, 6.07) is 0. The van der Waals surface area contributed by atoms with Gasteiger partial charge in [0.05, 0.1) is 0 Å². The molecule has 0 aromatic rings. The third-order valence-electron chi connectivity index (χ3n) is 3.02. The van der Waals surface area contributed by atoms with Crippen LogP contribution in [0.4, 0.5) is 13.2 Å². The molecule has 120 valence electrons. The molecule has 0 unspecified atom stereocenters. The van der Waals surface area contributed by atoms with Crippen molar-refractivity contribution in [2.75, 3.05) is 0 Å². The average Bonchev–Trinajstić information content (AvgIpc) is 2.28. The van der Waals surface area contributed by atoms with E-state index in [9.17, 15) is 13.2 Å². The van der Waals surface area contributed by atoms with E-state index in [2.05, 4.69) is 6.92 Å². The van der Waals surface area contributed by atoms with Crippen molar-refractivity contribution in [1.29, 1.82) is 0 Å². The van der Waals surface area contributed by atoms with Gasteiger partial charge < -0.3 is 0 Å². The zero-order chi connectivity index (χ0) is 15.6.